The van der Waals surface area contributed by atoms with Gasteiger partial charge in [0.15, 0.2) is 11.2 Å². The summed E-state index contributed by atoms with van der Waals surface area (Å²) >= 11 is 5.97. The lowest BCUT2D eigenvalue weighted by molar-refractivity contribution is -0.157. The highest BCUT2D eigenvalue weighted by molar-refractivity contribution is 6.30. The number of amides is 1. The van der Waals surface area contributed by atoms with Gasteiger partial charge in [-0.15, -0.1) is 0 Å². The number of aliphatic hydroxyl groups excluding tert-OH is 1. The number of hydrogen-bond acceptors (Lipinski definition) is 5. The van der Waals surface area contributed by atoms with Gasteiger partial charge in [0, 0.05) is 23.8 Å². The molecular weight excluding hydrogens is 432 g/mol. The molecular formula is C24H27ClN2O5. The maximum absolute atomic E-state index is 13.0. The number of carbonyl (C=O) groups is 3. The Kier molecular flexibility index (Phi) is 6.60. The van der Waals surface area contributed by atoms with Crippen LogP contribution in [0, 0.1) is 10.8 Å². The highest BCUT2D eigenvalue weighted by atomic mass is 35.5. The molecule has 2 aliphatic rings. The maximum Gasteiger partial charge on any atom is 0.319 e. The topological polar surface area (TPSA) is 116 Å². The first kappa shape index (κ1) is 23.7. The van der Waals surface area contributed by atoms with Gasteiger partial charge in [0.25, 0.3) is 5.91 Å². The van der Waals surface area contributed by atoms with E-state index in [0.717, 1.165) is 17.4 Å². The summed E-state index contributed by atoms with van der Waals surface area (Å²) in [5.41, 5.74) is 2.10. The highest BCUT2D eigenvalue weighted by Crippen LogP contribution is 2.44. The van der Waals surface area contributed by atoms with E-state index in [9.17, 15) is 24.6 Å². The summed E-state index contributed by atoms with van der Waals surface area (Å²) in [5.74, 6) is -2.64. The van der Waals surface area contributed by atoms with Crippen molar-refractivity contribution in [2.45, 2.75) is 52.4 Å². The molecule has 0 unspecified atom stereocenters. The third kappa shape index (κ3) is 4.78. The number of rotatable bonds is 5. The van der Waals surface area contributed by atoms with Gasteiger partial charge in [0.05, 0.1) is 11.8 Å². The standard InChI is InChI=1S/C24H27ClN2O5/c1-14-8-9-24(22(31)32,10-17(14)15-4-6-16(25)7-5-15)21(30)27-26-13-18-19(28)11-23(2,3)12-20(18)29/h4-8,13,17,28H,9-12H2,1-3H3,(H,27,30)(H,31,32)/b26-13-/t17-,24+/m1/s1. The Bertz CT molecular complexity index is 1040. The average molecular weight is 459 g/mol. The van der Waals surface area contributed by atoms with E-state index < -0.39 is 17.3 Å². The molecule has 2 aliphatic carbocycles. The van der Waals surface area contributed by atoms with Crippen LogP contribution in [0.3, 0.4) is 0 Å². The maximum atomic E-state index is 13.0. The van der Waals surface area contributed by atoms with E-state index in [1.807, 2.05) is 32.9 Å². The number of halogens is 1. The normalized spacial score (nSPS) is 25.6. The number of ketones is 1. The third-order valence-electron chi connectivity index (χ3n) is 6.25. The van der Waals surface area contributed by atoms with Crippen molar-refractivity contribution < 1.29 is 24.6 Å². The molecule has 1 aromatic carbocycles. The van der Waals surface area contributed by atoms with E-state index >= 15 is 0 Å². The van der Waals surface area contributed by atoms with Gasteiger partial charge in [-0.05, 0) is 42.9 Å². The summed E-state index contributed by atoms with van der Waals surface area (Å²) in [7, 11) is 0. The van der Waals surface area contributed by atoms with Crippen LogP contribution in [0.2, 0.25) is 5.02 Å². The molecule has 7 nitrogen and oxygen atoms in total. The average Bonchev–Trinajstić information content (AvgIpc) is 2.70. The van der Waals surface area contributed by atoms with Crippen LogP contribution in [0.5, 0.6) is 0 Å². The number of carboxylic acid groups (broad SMARTS) is 1. The number of hydrazone groups is 1. The molecule has 0 saturated heterocycles. The highest BCUT2D eigenvalue weighted by Gasteiger charge is 2.49. The summed E-state index contributed by atoms with van der Waals surface area (Å²) in [6.45, 7) is 5.67. The van der Waals surface area contributed by atoms with E-state index in [0.29, 0.717) is 11.4 Å². The van der Waals surface area contributed by atoms with Crippen LogP contribution in [0.25, 0.3) is 0 Å². The van der Waals surface area contributed by atoms with Gasteiger partial charge in [-0.3, -0.25) is 14.4 Å². The molecule has 0 aliphatic heterocycles. The zero-order valence-corrected chi connectivity index (χ0v) is 19.1. The van der Waals surface area contributed by atoms with Gasteiger partial charge in [-0.25, -0.2) is 5.43 Å². The summed E-state index contributed by atoms with van der Waals surface area (Å²) < 4.78 is 0. The van der Waals surface area contributed by atoms with Crippen LogP contribution < -0.4 is 5.43 Å². The number of Topliss-reactive ketones (excluding diaryl/α,β-unsaturated/α-hetero) is 1. The number of aliphatic carboxylic acids is 1. The van der Waals surface area contributed by atoms with E-state index in [4.69, 9.17) is 11.6 Å². The Morgan fingerprint density at radius 3 is 2.47 bits per heavy atom. The fraction of sp³-hybridized carbons (Fsp3) is 0.417. The minimum Gasteiger partial charge on any atom is -0.511 e. The Morgan fingerprint density at radius 2 is 1.88 bits per heavy atom. The Labute approximate surface area is 191 Å². The van der Waals surface area contributed by atoms with E-state index in [1.54, 1.807) is 18.2 Å². The number of allylic oxidation sites excluding steroid dienone is 4. The molecule has 3 rings (SSSR count). The van der Waals surface area contributed by atoms with Crippen molar-refractivity contribution in [1.29, 1.82) is 0 Å². The van der Waals surface area contributed by atoms with Gasteiger partial charge in [0.1, 0.15) is 5.76 Å². The molecule has 8 heteroatoms. The van der Waals surface area contributed by atoms with Gasteiger partial charge in [-0.2, -0.15) is 5.10 Å². The quantitative estimate of drug-likeness (QED) is 0.259. The smallest absolute Gasteiger partial charge is 0.319 e. The van der Waals surface area contributed by atoms with Crippen LogP contribution in [0.1, 0.15) is 57.9 Å². The molecule has 0 spiro atoms. The van der Waals surface area contributed by atoms with Crippen LogP contribution in [0.15, 0.2) is 52.3 Å². The molecule has 32 heavy (non-hydrogen) atoms. The van der Waals surface area contributed by atoms with Crippen LogP contribution in [-0.2, 0) is 14.4 Å². The Balaban J connectivity index is 1.81. The van der Waals surface area contributed by atoms with Gasteiger partial charge < -0.3 is 10.2 Å². The SMILES string of the molecule is CC1=CC[C@@](C(=O)O)(C(=O)N/N=C\C2=C(O)CC(C)(C)CC2=O)C[C@H]1c1ccc(Cl)cc1. The number of aliphatic hydroxyl groups is 1. The first-order valence-electron chi connectivity index (χ1n) is 10.4. The van der Waals surface area contributed by atoms with E-state index in [-0.39, 0.29) is 47.7 Å². The molecule has 3 N–H and O–H groups in total. The lowest BCUT2D eigenvalue weighted by Crippen LogP contribution is -2.47. The van der Waals surface area contributed by atoms with Crippen LogP contribution >= 0.6 is 11.6 Å². The fourth-order valence-corrected chi connectivity index (χ4v) is 4.44. The van der Waals surface area contributed by atoms with Crippen molar-refractivity contribution >= 4 is 35.5 Å². The molecule has 0 saturated carbocycles. The number of hydrogen-bond donors (Lipinski definition) is 3. The number of carbonyl (C=O) groups excluding carboxylic acids is 2. The number of nitrogens with one attached hydrogen (secondary N) is 1. The molecule has 0 radical (unpaired) electrons. The van der Waals surface area contributed by atoms with Gasteiger partial charge >= 0.3 is 5.97 Å². The zero-order chi connectivity index (χ0) is 23.7. The molecule has 1 amide bonds. The summed E-state index contributed by atoms with van der Waals surface area (Å²) in [5, 5.41) is 24.5. The monoisotopic (exact) mass is 458 g/mol. The lowest BCUT2D eigenvalue weighted by atomic mass is 9.68. The first-order valence-corrected chi connectivity index (χ1v) is 10.8. The van der Waals surface area contributed by atoms with Crippen molar-refractivity contribution in [2.24, 2.45) is 15.9 Å². The minimum absolute atomic E-state index is 0.0284. The van der Waals surface area contributed by atoms with Crippen molar-refractivity contribution in [3.63, 3.8) is 0 Å². The number of benzene rings is 1. The lowest BCUT2D eigenvalue weighted by Gasteiger charge is -2.35. The van der Waals surface area contributed by atoms with Crippen molar-refractivity contribution in [3.8, 4) is 0 Å². The predicted molar refractivity (Wildman–Crippen MR) is 122 cm³/mol. The second-order valence-corrected chi connectivity index (χ2v) is 9.78. The molecule has 0 fully saturated rings. The molecule has 0 bridgehead atoms. The fourth-order valence-electron chi connectivity index (χ4n) is 4.31. The van der Waals surface area contributed by atoms with Crippen LogP contribution in [-0.4, -0.2) is 34.1 Å². The second-order valence-electron chi connectivity index (χ2n) is 9.35. The second kappa shape index (κ2) is 8.90. The van der Waals surface area contributed by atoms with Crippen LogP contribution in [0.4, 0.5) is 0 Å². The third-order valence-corrected chi connectivity index (χ3v) is 6.50. The van der Waals surface area contributed by atoms with E-state index in [1.165, 1.54) is 0 Å². The summed E-state index contributed by atoms with van der Waals surface area (Å²) in [6.07, 6.45) is 3.52. The number of carboxylic acids is 1. The molecule has 170 valence electrons. The molecule has 0 aromatic heterocycles. The summed E-state index contributed by atoms with van der Waals surface area (Å²) in [6, 6.07) is 7.11. The van der Waals surface area contributed by atoms with Gasteiger partial charge in [-0.1, -0.05) is 49.2 Å². The zero-order valence-electron chi connectivity index (χ0n) is 18.3. The van der Waals surface area contributed by atoms with E-state index in [2.05, 4.69) is 10.5 Å². The first-order chi connectivity index (χ1) is 14.9. The van der Waals surface area contributed by atoms with Crippen molar-refractivity contribution in [1.82, 2.24) is 5.43 Å². The van der Waals surface area contributed by atoms with Crippen molar-refractivity contribution in [2.75, 3.05) is 0 Å². The van der Waals surface area contributed by atoms with Gasteiger partial charge in [0.2, 0.25) is 0 Å². The molecule has 0 heterocycles. The molecule has 1 aromatic rings. The number of nitrogens with zero attached hydrogens (tertiary/aromatic N) is 1. The molecule has 2 atom stereocenters. The summed E-state index contributed by atoms with van der Waals surface area (Å²) in [4.78, 5) is 37.5. The largest absolute Gasteiger partial charge is 0.511 e. The van der Waals surface area contributed by atoms with Crippen molar-refractivity contribution in [3.05, 3.63) is 57.8 Å². The minimum atomic E-state index is -1.71. The predicted octanol–water partition coefficient (Wildman–Crippen LogP) is 4.54. The Morgan fingerprint density at radius 1 is 1.22 bits per heavy atom. The Hall–Kier alpha value is -2.93.